The lowest BCUT2D eigenvalue weighted by atomic mass is 10.0. The lowest BCUT2D eigenvalue weighted by Gasteiger charge is -2.31. The van der Waals surface area contributed by atoms with Crippen LogP contribution in [0.3, 0.4) is 0 Å². The summed E-state index contributed by atoms with van der Waals surface area (Å²) in [6, 6.07) is 0. The van der Waals surface area contributed by atoms with Gasteiger partial charge < -0.3 is 25.2 Å². The van der Waals surface area contributed by atoms with E-state index in [9.17, 15) is 10.2 Å². The number of hydrogen-bond acceptors (Lipinski definition) is 5. The van der Waals surface area contributed by atoms with Crippen LogP contribution >= 0.6 is 0 Å². The second kappa shape index (κ2) is 4.06. The average Bonchev–Trinajstić information content (AvgIpc) is 2.06. The lowest BCUT2D eigenvalue weighted by molar-refractivity contribution is -0.120. The fourth-order valence-electron chi connectivity index (χ4n) is 1.13. The second-order valence-corrected chi connectivity index (χ2v) is 3.12. The topological polar surface area (TPSA) is 90.2 Å². The minimum absolute atomic E-state index is 0.0726. The molecule has 0 aliphatic carbocycles. The zero-order chi connectivity index (χ0) is 10.0. The maximum absolute atomic E-state index is 9.34. The average molecular weight is 190 g/mol. The standard InChI is InChI=1S/C8H14O5/c1-4(9)2-6-8(12)7(11)5(10)3-13-6/h2,4-5,7-12H,3H2,1H3/b6-2+/t4?,5-,7+,8+/m1/s1. The fraction of sp³-hybridized carbons (Fsp3) is 0.750. The Morgan fingerprint density at radius 1 is 1.46 bits per heavy atom. The van der Waals surface area contributed by atoms with Gasteiger partial charge in [0.05, 0.1) is 6.10 Å². The van der Waals surface area contributed by atoms with E-state index in [4.69, 9.17) is 14.9 Å². The number of rotatable bonds is 1. The van der Waals surface area contributed by atoms with Crippen LogP contribution in [0, 0.1) is 0 Å². The summed E-state index contributed by atoms with van der Waals surface area (Å²) < 4.78 is 4.92. The molecule has 4 N–H and O–H groups in total. The van der Waals surface area contributed by atoms with Crippen LogP contribution in [0.5, 0.6) is 0 Å². The third kappa shape index (κ3) is 2.41. The highest BCUT2D eigenvalue weighted by molar-refractivity contribution is 5.08. The highest BCUT2D eigenvalue weighted by Gasteiger charge is 2.34. The second-order valence-electron chi connectivity index (χ2n) is 3.12. The van der Waals surface area contributed by atoms with Gasteiger partial charge in [0, 0.05) is 0 Å². The lowest BCUT2D eigenvalue weighted by Crippen LogP contribution is -2.46. The number of ether oxygens (including phenoxy) is 1. The van der Waals surface area contributed by atoms with Crippen LogP contribution < -0.4 is 0 Å². The zero-order valence-corrected chi connectivity index (χ0v) is 7.29. The molecule has 0 aromatic heterocycles. The molecule has 0 radical (unpaired) electrons. The SMILES string of the molecule is CC(O)/C=C1/OC[C@@H](O)[C@H](O)[C@H]1O. The third-order valence-corrected chi connectivity index (χ3v) is 1.84. The highest BCUT2D eigenvalue weighted by atomic mass is 16.5. The van der Waals surface area contributed by atoms with Crippen molar-refractivity contribution in [2.75, 3.05) is 6.61 Å². The van der Waals surface area contributed by atoms with E-state index < -0.39 is 24.4 Å². The molecule has 1 unspecified atom stereocenters. The molecule has 1 aliphatic rings. The van der Waals surface area contributed by atoms with Crippen LogP contribution in [-0.4, -0.2) is 51.4 Å². The van der Waals surface area contributed by atoms with Crippen molar-refractivity contribution in [3.63, 3.8) is 0 Å². The number of aliphatic hydroxyl groups excluding tert-OH is 4. The van der Waals surface area contributed by atoms with Crippen LogP contribution in [0.15, 0.2) is 11.8 Å². The molecule has 0 spiro atoms. The quantitative estimate of drug-likeness (QED) is 0.398. The number of hydrogen-bond donors (Lipinski definition) is 4. The Morgan fingerprint density at radius 3 is 2.62 bits per heavy atom. The van der Waals surface area contributed by atoms with Crippen LogP contribution in [0.2, 0.25) is 0 Å². The molecule has 13 heavy (non-hydrogen) atoms. The van der Waals surface area contributed by atoms with Gasteiger partial charge in [-0.3, -0.25) is 0 Å². The predicted octanol–water partition coefficient (Wildman–Crippen LogP) is -1.64. The molecular weight excluding hydrogens is 176 g/mol. The smallest absolute Gasteiger partial charge is 0.139 e. The van der Waals surface area contributed by atoms with E-state index in [-0.39, 0.29) is 12.4 Å². The first-order valence-electron chi connectivity index (χ1n) is 4.09. The summed E-state index contributed by atoms with van der Waals surface area (Å²) in [5, 5.41) is 36.6. The molecule has 0 aromatic rings. The van der Waals surface area contributed by atoms with E-state index in [1.54, 1.807) is 0 Å². The fourth-order valence-corrected chi connectivity index (χ4v) is 1.13. The Kier molecular flexibility index (Phi) is 3.27. The summed E-state index contributed by atoms with van der Waals surface area (Å²) in [5.74, 6) is 0.104. The minimum Gasteiger partial charge on any atom is -0.492 e. The van der Waals surface area contributed by atoms with Gasteiger partial charge in [-0.05, 0) is 13.0 Å². The van der Waals surface area contributed by atoms with Gasteiger partial charge in [-0.25, -0.2) is 0 Å². The zero-order valence-electron chi connectivity index (χ0n) is 7.29. The summed E-state index contributed by atoms with van der Waals surface area (Å²) in [5.41, 5.74) is 0. The van der Waals surface area contributed by atoms with Crippen molar-refractivity contribution >= 4 is 0 Å². The van der Waals surface area contributed by atoms with Crippen LogP contribution in [0.1, 0.15) is 6.92 Å². The normalized spacial score (nSPS) is 40.1. The maximum atomic E-state index is 9.34. The minimum atomic E-state index is -1.27. The van der Waals surface area contributed by atoms with Crippen LogP contribution in [0.25, 0.3) is 0 Å². The Balaban J connectivity index is 2.69. The molecular formula is C8H14O5. The Bertz CT molecular complexity index is 201. The molecule has 0 aromatic carbocycles. The molecule has 0 saturated carbocycles. The van der Waals surface area contributed by atoms with Gasteiger partial charge in [0.2, 0.25) is 0 Å². The van der Waals surface area contributed by atoms with E-state index in [2.05, 4.69) is 0 Å². The van der Waals surface area contributed by atoms with Gasteiger partial charge in [-0.15, -0.1) is 0 Å². The van der Waals surface area contributed by atoms with Crippen LogP contribution in [-0.2, 0) is 4.74 Å². The first-order chi connectivity index (χ1) is 6.02. The molecule has 0 amide bonds. The summed E-state index contributed by atoms with van der Waals surface area (Å²) in [7, 11) is 0. The van der Waals surface area contributed by atoms with E-state index in [0.717, 1.165) is 0 Å². The monoisotopic (exact) mass is 190 g/mol. The van der Waals surface area contributed by atoms with Crippen molar-refractivity contribution in [1.82, 2.24) is 0 Å². The van der Waals surface area contributed by atoms with E-state index in [1.165, 1.54) is 13.0 Å². The van der Waals surface area contributed by atoms with Gasteiger partial charge in [0.15, 0.2) is 0 Å². The van der Waals surface area contributed by atoms with Gasteiger partial charge in [0.1, 0.15) is 30.7 Å². The summed E-state index contributed by atoms with van der Waals surface area (Å²) in [6.07, 6.45) is -3.06. The summed E-state index contributed by atoms with van der Waals surface area (Å²) in [4.78, 5) is 0. The summed E-state index contributed by atoms with van der Waals surface area (Å²) >= 11 is 0. The Labute approximate surface area is 75.9 Å². The van der Waals surface area contributed by atoms with Gasteiger partial charge in [-0.1, -0.05) is 0 Å². The van der Waals surface area contributed by atoms with Gasteiger partial charge >= 0.3 is 0 Å². The van der Waals surface area contributed by atoms with E-state index in [0.29, 0.717) is 0 Å². The molecule has 1 saturated heterocycles. The Morgan fingerprint density at radius 2 is 2.08 bits per heavy atom. The van der Waals surface area contributed by atoms with Crippen molar-refractivity contribution in [2.45, 2.75) is 31.3 Å². The van der Waals surface area contributed by atoms with Crippen LogP contribution in [0.4, 0.5) is 0 Å². The maximum Gasteiger partial charge on any atom is 0.139 e. The van der Waals surface area contributed by atoms with Crippen molar-refractivity contribution < 1.29 is 25.2 Å². The van der Waals surface area contributed by atoms with E-state index in [1.807, 2.05) is 0 Å². The first kappa shape index (κ1) is 10.5. The third-order valence-electron chi connectivity index (χ3n) is 1.84. The van der Waals surface area contributed by atoms with Crippen molar-refractivity contribution in [3.05, 3.63) is 11.8 Å². The van der Waals surface area contributed by atoms with Crippen molar-refractivity contribution in [1.29, 1.82) is 0 Å². The number of aliphatic hydroxyl groups is 4. The van der Waals surface area contributed by atoms with E-state index >= 15 is 0 Å². The molecule has 1 heterocycles. The van der Waals surface area contributed by atoms with Gasteiger partial charge in [0.25, 0.3) is 0 Å². The molecule has 4 atom stereocenters. The molecule has 1 fully saturated rings. The highest BCUT2D eigenvalue weighted by Crippen LogP contribution is 2.18. The molecule has 1 rings (SSSR count). The Hall–Kier alpha value is -0.620. The summed E-state index contributed by atoms with van der Waals surface area (Å²) in [6.45, 7) is 1.43. The molecule has 5 heteroatoms. The molecule has 76 valence electrons. The largest absolute Gasteiger partial charge is 0.492 e. The van der Waals surface area contributed by atoms with Crippen molar-refractivity contribution in [2.24, 2.45) is 0 Å². The van der Waals surface area contributed by atoms with Gasteiger partial charge in [-0.2, -0.15) is 0 Å². The van der Waals surface area contributed by atoms with Crippen molar-refractivity contribution in [3.8, 4) is 0 Å². The predicted molar refractivity (Wildman–Crippen MR) is 43.7 cm³/mol. The molecule has 0 bridgehead atoms. The first-order valence-corrected chi connectivity index (χ1v) is 4.09. The molecule has 1 aliphatic heterocycles. The molecule has 5 nitrogen and oxygen atoms in total.